The van der Waals surface area contributed by atoms with Crippen molar-refractivity contribution in [3.05, 3.63) is 77.1 Å². The summed E-state index contributed by atoms with van der Waals surface area (Å²) in [6.45, 7) is 13.8. The number of carbonyl (C=O) groups is 2. The van der Waals surface area contributed by atoms with Crippen LogP contribution in [0.3, 0.4) is 0 Å². The molecular weight excluding hydrogens is 672 g/mol. The number of rotatable bonds is 23. The fourth-order valence-corrected chi connectivity index (χ4v) is 6.08. The van der Waals surface area contributed by atoms with Crippen molar-refractivity contribution in [1.29, 1.82) is 0 Å². The normalized spacial score (nSPS) is 14.8. The molecule has 1 aromatic heterocycles. The number of aromatic nitrogens is 1. The maximum absolute atomic E-state index is 13.3. The number of nitrogens with zero attached hydrogens (tertiary/aromatic N) is 1. The highest BCUT2D eigenvalue weighted by Crippen LogP contribution is 2.25. The molecule has 9 nitrogen and oxygen atoms in total. The van der Waals surface area contributed by atoms with Crippen LogP contribution in [0.4, 0.5) is 0 Å². The zero-order valence-electron chi connectivity index (χ0n) is 30.8. The molecule has 0 radical (unpaired) electrons. The van der Waals surface area contributed by atoms with Gasteiger partial charge < -0.3 is 30.5 Å². The number of benzene rings is 1. The van der Waals surface area contributed by atoms with E-state index in [0.29, 0.717) is 55.7 Å². The van der Waals surface area contributed by atoms with Crippen LogP contribution in [-0.4, -0.2) is 84.6 Å². The predicted molar refractivity (Wildman–Crippen MR) is 210 cm³/mol. The molecule has 4 atom stereocenters. The minimum atomic E-state index is -0.747. The molecule has 278 valence electrons. The first-order valence-corrected chi connectivity index (χ1v) is 19.0. The van der Waals surface area contributed by atoms with Gasteiger partial charge in [-0.15, -0.1) is 0 Å². The second-order valence-corrected chi connectivity index (χ2v) is 15.2. The van der Waals surface area contributed by atoms with Gasteiger partial charge in [-0.05, 0) is 79.8 Å². The average Bonchev–Trinajstić information content (AvgIpc) is 3.06. The number of hydrogen-bond donors (Lipinski definition) is 5. The average molecular weight is 731 g/mol. The molecule has 2 rings (SSSR count). The third-order valence-corrected chi connectivity index (χ3v) is 9.35. The van der Waals surface area contributed by atoms with Crippen LogP contribution in [0.25, 0.3) is 6.08 Å². The fourth-order valence-electron chi connectivity index (χ4n) is 4.99. The Hall–Kier alpha value is -3.02. The number of methoxy groups -OCH3 is 1. The van der Waals surface area contributed by atoms with Gasteiger partial charge in [0.05, 0.1) is 23.7 Å². The van der Waals surface area contributed by atoms with E-state index in [1.54, 1.807) is 19.5 Å². The lowest BCUT2D eigenvalue weighted by Gasteiger charge is -2.27. The van der Waals surface area contributed by atoms with Gasteiger partial charge in [0.15, 0.2) is 0 Å². The molecule has 11 heteroatoms. The Morgan fingerprint density at radius 1 is 1.12 bits per heavy atom. The lowest BCUT2D eigenvalue weighted by atomic mass is 9.93. The molecule has 4 N–H and O–H groups in total. The first kappa shape index (κ1) is 43.1. The summed E-state index contributed by atoms with van der Waals surface area (Å²) < 4.78 is 11.3. The van der Waals surface area contributed by atoms with Gasteiger partial charge in [-0.1, -0.05) is 62.7 Å². The molecule has 1 heterocycles. The van der Waals surface area contributed by atoms with E-state index in [2.05, 4.69) is 34.8 Å². The Kier molecular flexibility index (Phi) is 20.2. The zero-order valence-corrected chi connectivity index (χ0v) is 32.5. The van der Waals surface area contributed by atoms with Crippen LogP contribution < -0.4 is 20.7 Å². The second-order valence-electron chi connectivity index (χ2n) is 13.7. The van der Waals surface area contributed by atoms with Crippen molar-refractivity contribution in [3.63, 3.8) is 0 Å². The lowest BCUT2D eigenvalue weighted by molar-refractivity contribution is -0.156. The number of thiol groups is 1. The predicted octanol–water partition coefficient (Wildman–Crippen LogP) is 5.88. The Morgan fingerprint density at radius 2 is 1.86 bits per heavy atom. The van der Waals surface area contributed by atoms with Gasteiger partial charge in [0.1, 0.15) is 11.9 Å². The number of esters is 1. The first-order valence-electron chi connectivity index (χ1n) is 17.4. The number of nitrogens with one attached hydrogen (secondary N) is 3. The Bertz CT molecular complexity index is 1390. The summed E-state index contributed by atoms with van der Waals surface area (Å²) in [4.78, 5) is 28.5. The topological polar surface area (TPSA) is 122 Å². The third kappa shape index (κ3) is 17.8. The summed E-state index contributed by atoms with van der Waals surface area (Å²) in [6.07, 6.45) is 12.8. The molecule has 0 aliphatic carbocycles. The summed E-state index contributed by atoms with van der Waals surface area (Å²) in [7, 11) is 1.60. The van der Waals surface area contributed by atoms with Crippen molar-refractivity contribution in [2.24, 2.45) is 17.3 Å². The molecule has 1 aromatic carbocycles. The summed E-state index contributed by atoms with van der Waals surface area (Å²) >= 11 is 7.45. The number of hydrogen-bond acceptors (Lipinski definition) is 8. The first-order chi connectivity index (χ1) is 23.8. The summed E-state index contributed by atoms with van der Waals surface area (Å²) in [6, 6.07) is 9.70. The van der Waals surface area contributed by atoms with E-state index in [1.807, 2.05) is 80.8 Å². The lowest BCUT2D eigenvalue weighted by Crippen LogP contribution is -2.45. The molecular formula is C39H59ClN4O5S. The largest absolute Gasteiger partial charge is 0.495 e. The van der Waals surface area contributed by atoms with Crippen molar-refractivity contribution in [3.8, 4) is 5.75 Å². The van der Waals surface area contributed by atoms with Crippen molar-refractivity contribution in [1.82, 2.24) is 20.9 Å². The van der Waals surface area contributed by atoms with Crippen molar-refractivity contribution in [2.45, 2.75) is 79.1 Å². The van der Waals surface area contributed by atoms with Gasteiger partial charge in [0, 0.05) is 63.2 Å². The molecule has 0 saturated carbocycles. The molecule has 0 saturated heterocycles. The van der Waals surface area contributed by atoms with E-state index >= 15 is 0 Å². The van der Waals surface area contributed by atoms with Crippen LogP contribution in [0.5, 0.6) is 5.75 Å². The Morgan fingerprint density at radius 3 is 2.52 bits per heavy atom. The number of aliphatic hydroxyl groups excluding tert-OH is 1. The molecule has 50 heavy (non-hydrogen) atoms. The number of carbonyl (C=O) groups excluding carboxylic acids is 2. The van der Waals surface area contributed by atoms with E-state index in [9.17, 15) is 14.7 Å². The monoisotopic (exact) mass is 730 g/mol. The van der Waals surface area contributed by atoms with Crippen LogP contribution in [0.1, 0.15) is 65.5 Å². The van der Waals surface area contributed by atoms with Gasteiger partial charge in [-0.2, -0.15) is 11.4 Å². The van der Waals surface area contributed by atoms with Crippen LogP contribution in [-0.2, 0) is 20.7 Å². The van der Waals surface area contributed by atoms with E-state index in [1.165, 1.54) is 6.92 Å². The second kappa shape index (κ2) is 23.5. The van der Waals surface area contributed by atoms with Gasteiger partial charge in [0.2, 0.25) is 5.91 Å². The smallest absolute Gasteiger partial charge is 0.313 e. The SMILES string of the molecule is COc1ccc(C[C@H](CNCC(C)(C)C(=O)O[C@H](C=[SH]CCNC(C)=O)CC(C)C)NC/C=C/C[C@H](O)[C@H](C)/C=C/c2ccncc2)cc1Cl. The van der Waals surface area contributed by atoms with Crippen molar-refractivity contribution >= 4 is 46.3 Å². The van der Waals surface area contributed by atoms with Gasteiger partial charge in [0.25, 0.3) is 0 Å². The maximum atomic E-state index is 13.3. The number of amides is 1. The molecule has 0 fully saturated rings. The number of halogens is 1. The van der Waals surface area contributed by atoms with Crippen molar-refractivity contribution < 1.29 is 24.2 Å². The molecule has 0 spiro atoms. The van der Waals surface area contributed by atoms with Gasteiger partial charge in [-0.3, -0.25) is 14.6 Å². The Balaban J connectivity index is 1.97. The molecule has 0 unspecified atom stereocenters. The quantitative estimate of drug-likeness (QED) is 0.0316. The highest BCUT2D eigenvalue weighted by molar-refractivity contribution is 7.97. The summed E-state index contributed by atoms with van der Waals surface area (Å²) in [5, 5.41) is 23.1. The van der Waals surface area contributed by atoms with Gasteiger partial charge in [-0.25, -0.2) is 0 Å². The van der Waals surface area contributed by atoms with E-state index in [0.717, 1.165) is 34.7 Å². The minimum Gasteiger partial charge on any atom is -0.495 e. The highest BCUT2D eigenvalue weighted by Gasteiger charge is 2.31. The number of pyridine rings is 1. The Labute approximate surface area is 308 Å². The van der Waals surface area contributed by atoms with Crippen LogP contribution >= 0.6 is 23.0 Å². The third-order valence-electron chi connectivity index (χ3n) is 8.03. The molecule has 1 amide bonds. The molecule has 0 bridgehead atoms. The number of aliphatic hydroxyl groups is 1. The van der Waals surface area contributed by atoms with E-state index in [-0.39, 0.29) is 29.9 Å². The van der Waals surface area contributed by atoms with Crippen LogP contribution in [0, 0.1) is 17.3 Å². The molecule has 0 aliphatic heterocycles. The van der Waals surface area contributed by atoms with Gasteiger partial charge >= 0.3 is 5.97 Å². The zero-order chi connectivity index (χ0) is 36.9. The number of ether oxygens (including phenoxy) is 2. The van der Waals surface area contributed by atoms with E-state index < -0.39 is 11.5 Å². The minimum absolute atomic E-state index is 0.000702. The standard InChI is InChI=1S/C39H59ClN4O5S/c1-28(2)22-34(26-50-21-20-43-30(4)45)49-38(47)39(5,6)27-42-25-33(23-32-13-14-37(48-7)35(40)24-32)44-17-9-8-10-36(46)29(3)11-12-31-15-18-41-19-16-31/h8-9,11-16,18-19,24,26,28-29,33-34,36,42,44,46,50H,10,17,20-23,25,27H2,1-7H3,(H,43,45)/b9-8+,12-11+/t29-,33-,34+,36+/m1/s1. The fraction of sp³-hybridized carbons (Fsp3) is 0.538. The molecule has 2 aromatic rings. The maximum Gasteiger partial charge on any atom is 0.313 e. The van der Waals surface area contributed by atoms with E-state index in [4.69, 9.17) is 21.1 Å². The summed E-state index contributed by atoms with van der Waals surface area (Å²) in [5.41, 5.74) is 1.37. The van der Waals surface area contributed by atoms with Crippen LogP contribution in [0.2, 0.25) is 5.02 Å². The summed E-state index contributed by atoms with van der Waals surface area (Å²) in [5.74, 6) is 1.47. The van der Waals surface area contributed by atoms with Crippen molar-refractivity contribution in [2.75, 3.05) is 39.0 Å². The van der Waals surface area contributed by atoms with Crippen LogP contribution in [0.15, 0.2) is 61.0 Å². The molecule has 0 aliphatic rings. The highest BCUT2D eigenvalue weighted by atomic mass is 35.5.